The van der Waals surface area contributed by atoms with Gasteiger partial charge in [0.1, 0.15) is 11.7 Å². The minimum atomic E-state index is -4.67. The fourth-order valence-electron chi connectivity index (χ4n) is 4.25. The van der Waals surface area contributed by atoms with Crippen LogP contribution in [-0.2, 0) is 6.18 Å². The molecule has 3 heterocycles. The van der Waals surface area contributed by atoms with Crippen molar-refractivity contribution < 1.29 is 18.0 Å². The quantitative estimate of drug-likeness (QED) is 0.525. The molecule has 2 saturated heterocycles. The van der Waals surface area contributed by atoms with Gasteiger partial charge in [0.15, 0.2) is 0 Å². The third kappa shape index (κ3) is 3.78. The van der Waals surface area contributed by atoms with E-state index < -0.39 is 28.7 Å². The van der Waals surface area contributed by atoms with Crippen LogP contribution in [0.5, 0.6) is 0 Å². The molecule has 2 N–H and O–H groups in total. The molecule has 162 valence electrons. The Bertz CT molecular complexity index is 1040. The lowest BCUT2D eigenvalue weighted by Crippen LogP contribution is -2.66. The van der Waals surface area contributed by atoms with Crippen LogP contribution in [0, 0.1) is 10.8 Å². The summed E-state index contributed by atoms with van der Waals surface area (Å²) >= 11 is 5.99. The number of amides is 1. The second kappa shape index (κ2) is 7.96. The Hall–Kier alpha value is -2.94. The van der Waals surface area contributed by atoms with Gasteiger partial charge in [0, 0.05) is 24.5 Å². The summed E-state index contributed by atoms with van der Waals surface area (Å²) in [5, 5.41) is 16.5. The highest BCUT2D eigenvalue weighted by Gasteiger charge is 2.45. The molecule has 6 nitrogen and oxygen atoms in total. The van der Waals surface area contributed by atoms with Crippen LogP contribution in [0.3, 0.4) is 0 Å². The van der Waals surface area contributed by atoms with Crippen molar-refractivity contribution in [3.8, 4) is 0 Å². The molecule has 2 fully saturated rings. The average Bonchev–Trinajstić information content (AvgIpc) is 2.75. The average molecular weight is 450 g/mol. The maximum Gasteiger partial charge on any atom is 0.417 e. The molecule has 0 spiro atoms. The molecule has 0 radical (unpaired) electrons. The monoisotopic (exact) mass is 449 g/mol. The number of carbonyl (C=O) groups excluding carboxylic acids is 1. The van der Waals surface area contributed by atoms with Crippen LogP contribution in [0.4, 0.5) is 13.2 Å². The lowest BCUT2D eigenvalue weighted by Gasteiger charge is -2.50. The highest BCUT2D eigenvalue weighted by molar-refractivity contribution is 6.34. The highest BCUT2D eigenvalue weighted by Crippen LogP contribution is 2.38. The van der Waals surface area contributed by atoms with Crippen LogP contribution in [0.1, 0.15) is 40.7 Å². The summed E-state index contributed by atoms with van der Waals surface area (Å²) in [6.45, 7) is 0.214. The molecule has 2 aliphatic rings. The lowest BCUT2D eigenvalue weighted by molar-refractivity contribution is -0.137. The fourth-order valence-corrected chi connectivity index (χ4v) is 4.56. The van der Waals surface area contributed by atoms with Crippen molar-refractivity contribution in [2.24, 2.45) is 0 Å². The summed E-state index contributed by atoms with van der Waals surface area (Å²) in [5.74, 6) is -0.441. The molecule has 1 amide bonds. The van der Waals surface area contributed by atoms with Gasteiger partial charge in [-0.15, -0.1) is 0 Å². The van der Waals surface area contributed by atoms with Crippen LogP contribution in [0.25, 0.3) is 0 Å². The Kier molecular flexibility index (Phi) is 5.47. The first-order valence-corrected chi connectivity index (χ1v) is 10.1. The molecule has 2 atom stereocenters. The van der Waals surface area contributed by atoms with E-state index in [0.717, 1.165) is 18.6 Å². The van der Waals surface area contributed by atoms with Gasteiger partial charge in [-0.25, -0.2) is 0 Å². The molecule has 31 heavy (non-hydrogen) atoms. The number of alkyl halides is 3. The predicted molar refractivity (Wildman–Crippen MR) is 110 cm³/mol. The molecule has 2 aromatic rings. The number of aromatic nitrogens is 1. The van der Waals surface area contributed by atoms with Crippen molar-refractivity contribution in [1.29, 1.82) is 10.8 Å². The van der Waals surface area contributed by atoms with E-state index in [4.69, 9.17) is 22.4 Å². The number of pyridine rings is 1. The van der Waals surface area contributed by atoms with Gasteiger partial charge in [0.2, 0.25) is 0 Å². The van der Waals surface area contributed by atoms with E-state index in [1.807, 2.05) is 0 Å². The van der Waals surface area contributed by atoms with Crippen molar-refractivity contribution in [3.63, 3.8) is 0 Å². The second-order valence-corrected chi connectivity index (χ2v) is 7.94. The molecular formula is C21H19ClF3N5O. The molecule has 2 bridgehead atoms. The van der Waals surface area contributed by atoms with Gasteiger partial charge in [-0.1, -0.05) is 17.7 Å². The number of amidine groups is 2. The minimum Gasteiger partial charge on any atom is -0.324 e. The number of piperidine rings is 1. The number of rotatable bonds is 2. The second-order valence-electron chi connectivity index (χ2n) is 7.56. The largest absolute Gasteiger partial charge is 0.417 e. The topological polar surface area (TPSA) is 84.1 Å². The number of nitrogens with one attached hydrogen (secondary N) is 2. The van der Waals surface area contributed by atoms with Crippen LogP contribution in [0.15, 0.2) is 42.7 Å². The maximum absolute atomic E-state index is 13.3. The molecule has 0 aliphatic carbocycles. The number of hydrogen-bond acceptors (Lipinski definition) is 4. The van der Waals surface area contributed by atoms with Gasteiger partial charge in [-0.05, 0) is 43.5 Å². The Morgan fingerprint density at radius 1 is 1.19 bits per heavy atom. The van der Waals surface area contributed by atoms with Gasteiger partial charge < -0.3 is 9.80 Å². The standard InChI is InChI=1S/C21H19ClF3N5O/c22-17-14(6-2-7-15(17)21(23,24)25)20(31)30-13-5-1-8-16(30)19(27)29(11-13)18(26)12-4-3-9-28-10-12/h2-4,6-7,9-10,13,16,26-27H,1,5,8,11H2. The summed E-state index contributed by atoms with van der Waals surface area (Å²) in [6, 6.07) is 5.73. The summed E-state index contributed by atoms with van der Waals surface area (Å²) in [5.41, 5.74) is -0.736. The van der Waals surface area contributed by atoms with Crippen LogP contribution in [0.2, 0.25) is 5.02 Å². The normalized spacial score (nSPS) is 21.2. The number of carbonyl (C=O) groups is 1. The van der Waals surface area contributed by atoms with Crippen molar-refractivity contribution in [2.45, 2.75) is 37.5 Å². The van der Waals surface area contributed by atoms with E-state index in [2.05, 4.69) is 4.98 Å². The van der Waals surface area contributed by atoms with E-state index in [9.17, 15) is 18.0 Å². The molecule has 2 aliphatic heterocycles. The third-order valence-electron chi connectivity index (χ3n) is 5.72. The summed E-state index contributed by atoms with van der Waals surface area (Å²) in [7, 11) is 0. The fraction of sp³-hybridized carbons (Fsp3) is 0.333. The van der Waals surface area contributed by atoms with Gasteiger partial charge in [-0.2, -0.15) is 13.2 Å². The Morgan fingerprint density at radius 3 is 2.65 bits per heavy atom. The Labute approximate surface area is 181 Å². The number of nitrogens with zero attached hydrogens (tertiary/aromatic N) is 3. The van der Waals surface area contributed by atoms with Crippen molar-refractivity contribution in [3.05, 3.63) is 64.4 Å². The first-order valence-electron chi connectivity index (χ1n) is 9.73. The molecule has 10 heteroatoms. The first-order chi connectivity index (χ1) is 14.7. The Balaban J connectivity index is 1.65. The smallest absolute Gasteiger partial charge is 0.324 e. The van der Waals surface area contributed by atoms with Gasteiger partial charge in [0.05, 0.1) is 28.2 Å². The van der Waals surface area contributed by atoms with E-state index in [1.54, 1.807) is 23.2 Å². The number of hydrogen-bond donors (Lipinski definition) is 2. The zero-order valence-corrected chi connectivity index (χ0v) is 17.0. The highest BCUT2D eigenvalue weighted by atomic mass is 35.5. The first kappa shape index (κ1) is 21.3. The van der Waals surface area contributed by atoms with Crippen LogP contribution < -0.4 is 0 Å². The summed E-state index contributed by atoms with van der Waals surface area (Å²) < 4.78 is 39.7. The SMILES string of the molecule is N=C(c1cccnc1)N1CC2CCCC(C1=N)N2C(=O)c1cccc(C(F)(F)F)c1Cl. The molecular weight excluding hydrogens is 431 g/mol. The molecule has 4 rings (SSSR count). The van der Waals surface area contributed by atoms with Crippen molar-refractivity contribution in [2.75, 3.05) is 6.54 Å². The number of likely N-dealkylation sites (tertiary alicyclic amines) is 1. The summed E-state index contributed by atoms with van der Waals surface area (Å²) in [4.78, 5) is 20.3. The number of fused-ring (bicyclic) bond motifs is 2. The van der Waals surface area contributed by atoms with Crippen LogP contribution in [-0.4, -0.2) is 51.0 Å². The maximum atomic E-state index is 13.3. The van der Waals surface area contributed by atoms with E-state index in [1.165, 1.54) is 17.2 Å². The zero-order valence-electron chi connectivity index (χ0n) is 16.3. The predicted octanol–water partition coefficient (Wildman–Crippen LogP) is 4.44. The van der Waals surface area contributed by atoms with E-state index in [0.29, 0.717) is 18.4 Å². The molecule has 0 saturated carbocycles. The summed E-state index contributed by atoms with van der Waals surface area (Å²) in [6.07, 6.45) is 0.355. The van der Waals surface area contributed by atoms with E-state index in [-0.39, 0.29) is 29.8 Å². The minimum absolute atomic E-state index is 0.0706. The van der Waals surface area contributed by atoms with E-state index >= 15 is 0 Å². The molecule has 1 aromatic heterocycles. The van der Waals surface area contributed by atoms with Crippen LogP contribution >= 0.6 is 11.6 Å². The van der Waals surface area contributed by atoms with Crippen molar-refractivity contribution >= 4 is 29.2 Å². The molecule has 1 aromatic carbocycles. The molecule has 2 unspecified atom stereocenters. The Morgan fingerprint density at radius 2 is 1.97 bits per heavy atom. The van der Waals surface area contributed by atoms with Gasteiger partial charge >= 0.3 is 6.18 Å². The van der Waals surface area contributed by atoms with Crippen molar-refractivity contribution in [1.82, 2.24) is 14.8 Å². The lowest BCUT2D eigenvalue weighted by atomic mass is 9.89. The number of halogens is 4. The van der Waals surface area contributed by atoms with Gasteiger partial charge in [-0.3, -0.25) is 20.6 Å². The van der Waals surface area contributed by atoms with Gasteiger partial charge in [0.25, 0.3) is 5.91 Å². The third-order valence-corrected chi connectivity index (χ3v) is 6.12. The number of piperazine rings is 1. The zero-order chi connectivity index (χ0) is 22.3. The number of benzene rings is 1.